The van der Waals surface area contributed by atoms with Crippen LogP contribution in [-0.2, 0) is 36.3 Å². The zero-order valence-corrected chi connectivity index (χ0v) is 39.5. The van der Waals surface area contributed by atoms with E-state index in [2.05, 4.69) is 110 Å². The molecular weight excluding hydrogens is 773 g/mol. The van der Waals surface area contributed by atoms with Crippen LogP contribution in [-0.4, -0.2) is 80.7 Å². The molecule has 0 aromatic heterocycles. The van der Waals surface area contributed by atoms with Gasteiger partial charge in [0.2, 0.25) is 0 Å². The lowest BCUT2D eigenvalue weighted by Crippen LogP contribution is -2.67. The minimum atomic E-state index is -2.93. The highest BCUT2D eigenvalue weighted by Crippen LogP contribution is 2.38. The fourth-order valence-electron chi connectivity index (χ4n) is 7.02. The van der Waals surface area contributed by atoms with Crippen LogP contribution in [0, 0.1) is 0 Å². The van der Waals surface area contributed by atoms with E-state index in [4.69, 9.17) is 32.5 Å². The Morgan fingerprint density at radius 3 is 1.42 bits per heavy atom. The van der Waals surface area contributed by atoms with Gasteiger partial charge in [-0.15, -0.1) is 0 Å². The summed E-state index contributed by atoms with van der Waals surface area (Å²) in [7, 11) is -0.0317. The number of hydrogen-bond donors (Lipinski definition) is 1. The van der Waals surface area contributed by atoms with Gasteiger partial charge in [-0.2, -0.15) is 0 Å². The number of benzene rings is 4. The molecule has 8 nitrogen and oxygen atoms in total. The van der Waals surface area contributed by atoms with Crippen molar-refractivity contribution in [1.29, 1.82) is 0 Å². The fourth-order valence-corrected chi connectivity index (χ4v) is 12.6. The van der Waals surface area contributed by atoms with Crippen LogP contribution in [0.2, 0.25) is 23.2 Å². The second kappa shape index (κ2) is 21.8. The predicted molar refractivity (Wildman–Crippen MR) is 245 cm³/mol. The second-order valence-corrected chi connectivity index (χ2v) is 27.1. The molecule has 0 amide bonds. The number of hydrogen-bond acceptors (Lipinski definition) is 8. The maximum Gasteiger partial charge on any atom is 0.261 e. The van der Waals surface area contributed by atoms with Crippen LogP contribution in [0.3, 0.4) is 0 Å². The highest BCUT2D eigenvalue weighted by molar-refractivity contribution is 6.99. The number of aliphatic hydroxyl groups excluding tert-OH is 1. The molecule has 4 atom stereocenters. The average Bonchev–Trinajstić information content (AvgIpc) is 3.21. The minimum absolute atomic E-state index is 0.0289. The Labute approximate surface area is 357 Å². The molecule has 4 aromatic rings. The Bertz CT molecular complexity index is 1780. The first-order chi connectivity index (χ1) is 27.9. The lowest BCUT2D eigenvalue weighted by Gasteiger charge is -2.44. The summed E-state index contributed by atoms with van der Waals surface area (Å²) in [6.45, 7) is 23.6. The molecule has 0 radical (unpaired) electrons. The fraction of sp³-hybridized carbons (Fsp3) is 0.469. The van der Waals surface area contributed by atoms with E-state index in [1.54, 1.807) is 21.3 Å². The summed E-state index contributed by atoms with van der Waals surface area (Å²) in [5.74, 6) is 1.56. The lowest BCUT2D eigenvalue weighted by atomic mass is 9.98. The molecule has 0 heterocycles. The Morgan fingerprint density at radius 2 is 1.02 bits per heavy atom. The van der Waals surface area contributed by atoms with Crippen molar-refractivity contribution in [3.8, 4) is 11.5 Å². The second-order valence-electron chi connectivity index (χ2n) is 17.9. The first kappa shape index (κ1) is 48.1. The van der Waals surface area contributed by atoms with E-state index in [1.165, 1.54) is 0 Å². The third-order valence-electron chi connectivity index (χ3n) is 11.7. The Kier molecular flexibility index (Phi) is 17.8. The molecule has 59 heavy (non-hydrogen) atoms. The highest BCUT2D eigenvalue weighted by Gasteiger charge is 2.50. The molecular formula is C49H70O8Si2. The molecule has 0 fully saturated rings. The van der Waals surface area contributed by atoms with Crippen molar-refractivity contribution in [1.82, 2.24) is 0 Å². The van der Waals surface area contributed by atoms with Crippen LogP contribution in [0.25, 0.3) is 0 Å². The van der Waals surface area contributed by atoms with Crippen LogP contribution >= 0.6 is 0 Å². The number of ether oxygens (including phenoxy) is 5. The van der Waals surface area contributed by atoms with Gasteiger partial charge in [-0.1, -0.05) is 139 Å². The Hall–Kier alpha value is -3.59. The molecule has 0 aliphatic heterocycles. The topological polar surface area (TPSA) is 84.8 Å². The van der Waals surface area contributed by atoms with Crippen molar-refractivity contribution in [2.24, 2.45) is 0 Å². The van der Waals surface area contributed by atoms with Gasteiger partial charge >= 0.3 is 0 Å². The molecule has 0 bridgehead atoms. The summed E-state index contributed by atoms with van der Waals surface area (Å²) in [5.41, 5.74) is 2.80. The maximum atomic E-state index is 12.1. The molecule has 0 unspecified atom stereocenters. The van der Waals surface area contributed by atoms with E-state index in [0.717, 1.165) is 38.6 Å². The summed E-state index contributed by atoms with van der Waals surface area (Å²) >= 11 is 0. The van der Waals surface area contributed by atoms with Crippen LogP contribution in [0.5, 0.6) is 11.5 Å². The zero-order valence-electron chi connectivity index (χ0n) is 37.5. The molecule has 1 N–H and O–H groups in total. The number of methoxy groups -OCH3 is 3. The predicted octanol–water partition coefficient (Wildman–Crippen LogP) is 9.49. The van der Waals surface area contributed by atoms with E-state index in [1.807, 2.05) is 60.7 Å². The summed E-state index contributed by atoms with van der Waals surface area (Å²) in [6.07, 6.45) is -1.59. The van der Waals surface area contributed by atoms with Crippen molar-refractivity contribution in [2.75, 3.05) is 34.5 Å². The molecule has 0 saturated heterocycles. The minimum Gasteiger partial charge on any atom is -0.497 e. The zero-order chi connectivity index (χ0) is 43.3. The van der Waals surface area contributed by atoms with Crippen molar-refractivity contribution in [3.63, 3.8) is 0 Å². The van der Waals surface area contributed by atoms with E-state index in [-0.39, 0.29) is 41.9 Å². The van der Waals surface area contributed by atoms with Gasteiger partial charge in [0, 0.05) is 7.11 Å². The quantitative estimate of drug-likeness (QED) is 0.0585. The molecule has 0 aliphatic carbocycles. The third-order valence-corrected chi connectivity index (χ3v) is 21.2. The van der Waals surface area contributed by atoms with Crippen LogP contribution < -0.4 is 19.8 Å². The van der Waals surface area contributed by atoms with Crippen molar-refractivity contribution < 1.29 is 37.6 Å². The maximum absolute atomic E-state index is 12.1. The first-order valence-corrected chi connectivity index (χ1v) is 25.5. The van der Waals surface area contributed by atoms with E-state index < -0.39 is 28.8 Å². The van der Waals surface area contributed by atoms with Gasteiger partial charge in [0.1, 0.15) is 23.7 Å². The third kappa shape index (κ3) is 13.2. The summed E-state index contributed by atoms with van der Waals surface area (Å²) in [5, 5.41) is 14.2. The monoisotopic (exact) mass is 842 g/mol. The molecule has 322 valence electrons. The van der Waals surface area contributed by atoms with Crippen LogP contribution in [0.15, 0.2) is 121 Å². The van der Waals surface area contributed by atoms with Crippen molar-refractivity contribution >= 4 is 27.0 Å². The average molecular weight is 843 g/mol. The van der Waals surface area contributed by atoms with Gasteiger partial charge in [-0.25, -0.2) is 0 Å². The summed E-state index contributed by atoms with van der Waals surface area (Å²) in [6, 6.07) is 36.7. The van der Waals surface area contributed by atoms with Gasteiger partial charge in [0.15, 0.2) is 8.32 Å². The Balaban J connectivity index is 1.59. The van der Waals surface area contributed by atoms with Crippen molar-refractivity contribution in [3.05, 3.63) is 132 Å². The molecule has 0 spiro atoms. The van der Waals surface area contributed by atoms with E-state index in [9.17, 15) is 5.11 Å². The molecule has 10 heteroatoms. The Morgan fingerprint density at radius 1 is 0.576 bits per heavy atom. The molecule has 0 aliphatic rings. The molecule has 0 saturated carbocycles. The van der Waals surface area contributed by atoms with E-state index in [0.29, 0.717) is 19.6 Å². The van der Waals surface area contributed by atoms with Crippen molar-refractivity contribution in [2.45, 2.75) is 115 Å². The highest BCUT2D eigenvalue weighted by atomic mass is 28.4. The molecule has 4 rings (SSSR count). The number of aliphatic hydroxyl groups is 1. The standard InChI is InChI=1S/C49H70O8Si2/c1-37(32-45(53-10)47(36-56-58(11,12)48(2,3)4)55-34-39-25-29-41(52-9)30-26-39)31-44(50)46(54-33-38-23-27-40(51-8)28-24-38)35-57-59(49(5,6)7,42-19-15-13-16-20-42)43-21-17-14-18-22-43/h13-30,44-47,50H,1,31-36H2,2-12H3/t44-,45+,46-,47+/m1/s1. The normalized spacial score (nSPS) is 14.6. The van der Waals surface area contributed by atoms with Crippen LogP contribution in [0.4, 0.5) is 0 Å². The van der Waals surface area contributed by atoms with Gasteiger partial charge in [0.25, 0.3) is 8.32 Å². The van der Waals surface area contributed by atoms with Gasteiger partial charge in [-0.05, 0) is 81.8 Å². The SMILES string of the molecule is C=C(C[C@@H](O)[C@@H](CO[Si](c1ccccc1)(c1ccccc1)C(C)(C)C)OCc1ccc(OC)cc1)C[C@H](OC)[C@H](CO[Si](C)(C)C(C)(C)C)OCc1ccc(OC)cc1. The molecule has 4 aromatic carbocycles. The summed E-state index contributed by atoms with van der Waals surface area (Å²) in [4.78, 5) is 0. The van der Waals surface area contributed by atoms with Gasteiger partial charge in [0.05, 0.1) is 52.9 Å². The van der Waals surface area contributed by atoms with Gasteiger partial charge in [-0.3, -0.25) is 0 Å². The largest absolute Gasteiger partial charge is 0.497 e. The van der Waals surface area contributed by atoms with Gasteiger partial charge < -0.3 is 37.6 Å². The smallest absolute Gasteiger partial charge is 0.261 e. The first-order valence-electron chi connectivity index (χ1n) is 20.7. The number of rotatable bonds is 23. The summed E-state index contributed by atoms with van der Waals surface area (Å²) < 4.78 is 44.1. The van der Waals surface area contributed by atoms with E-state index >= 15 is 0 Å². The van der Waals surface area contributed by atoms with Crippen LogP contribution in [0.1, 0.15) is 65.5 Å². The lowest BCUT2D eigenvalue weighted by molar-refractivity contribution is -0.0848.